The predicted octanol–water partition coefficient (Wildman–Crippen LogP) is 5.15. The van der Waals surface area contributed by atoms with Crippen LogP contribution in [0.1, 0.15) is 31.9 Å². The van der Waals surface area contributed by atoms with Crippen LogP contribution in [0.3, 0.4) is 0 Å². The molecule has 0 saturated heterocycles. The Labute approximate surface area is 113 Å². The number of aliphatic imine (C=N–C) groups is 1. The van der Waals surface area contributed by atoms with Gasteiger partial charge in [-0.1, -0.05) is 59.2 Å². The molecule has 0 atom stereocenters. The molecule has 1 rings (SSSR count). The number of rotatable bonds is 1. The smallest absolute Gasteiger partial charge is 0.0269 e. The summed E-state index contributed by atoms with van der Waals surface area (Å²) in [6.45, 7) is 17.2. The van der Waals surface area contributed by atoms with Crippen LogP contribution in [-0.4, -0.2) is 13.8 Å². The van der Waals surface area contributed by atoms with E-state index in [0.29, 0.717) is 0 Å². The van der Waals surface area contributed by atoms with Gasteiger partial charge in [0.05, 0.1) is 0 Å². The van der Waals surface area contributed by atoms with Gasteiger partial charge < -0.3 is 4.99 Å². The molecule has 0 saturated carbocycles. The fourth-order valence-electron chi connectivity index (χ4n) is 1.05. The second kappa shape index (κ2) is 11.8. The summed E-state index contributed by atoms with van der Waals surface area (Å²) in [7, 11) is 1.64. The third kappa shape index (κ3) is 12.4. The Bertz CT molecular complexity index is 369. The van der Waals surface area contributed by atoms with Gasteiger partial charge in [-0.3, -0.25) is 0 Å². The number of hydrogen-bond donors (Lipinski definition) is 0. The molecule has 1 heteroatoms. The number of aryl methyl sites for hydroxylation is 2. The molecule has 0 unspecified atom stereocenters. The highest BCUT2D eigenvalue weighted by Crippen LogP contribution is 2.02. The molecular weight excluding hydrogens is 218 g/mol. The van der Waals surface area contributed by atoms with Gasteiger partial charge in [-0.05, 0) is 41.3 Å². The fourth-order valence-corrected chi connectivity index (χ4v) is 1.05. The van der Waals surface area contributed by atoms with E-state index < -0.39 is 0 Å². The van der Waals surface area contributed by atoms with Gasteiger partial charge in [-0.15, -0.1) is 0 Å². The highest BCUT2D eigenvalue weighted by Gasteiger charge is 1.81. The van der Waals surface area contributed by atoms with Gasteiger partial charge in [0.25, 0.3) is 0 Å². The lowest BCUT2D eigenvalue weighted by Crippen LogP contribution is -1.71. The predicted molar refractivity (Wildman–Crippen MR) is 85.6 cm³/mol. The van der Waals surface area contributed by atoms with Crippen molar-refractivity contribution in [2.45, 2.75) is 34.6 Å². The van der Waals surface area contributed by atoms with Crippen molar-refractivity contribution in [3.63, 3.8) is 0 Å². The first kappa shape index (κ1) is 18.7. The highest BCUT2D eigenvalue weighted by molar-refractivity contribution is 5.22. The Morgan fingerprint density at radius 3 is 1.67 bits per heavy atom. The van der Waals surface area contributed by atoms with Gasteiger partial charge in [-0.2, -0.15) is 0 Å². The van der Waals surface area contributed by atoms with Crippen molar-refractivity contribution in [2.75, 3.05) is 7.05 Å². The monoisotopic (exact) mass is 245 g/mol. The number of nitrogens with zero attached hydrogens (tertiary/aromatic N) is 1. The molecule has 0 aromatic heterocycles. The summed E-state index contributed by atoms with van der Waals surface area (Å²) in [6, 6.07) is 8.45. The molecular formula is C17H27N. The standard InChI is InChI=1S/C8H10.C7H12.C2H5N/c1-7-4-3-5-8(2)6-7;1-5-7(4)6(2)3;1-3-2/h3-6H,1-2H3;5H,2H2,1,3-4H3;1H2,2H3/b;7-5+;. The molecule has 0 aliphatic rings. The first-order chi connectivity index (χ1) is 8.38. The van der Waals surface area contributed by atoms with Crippen LogP contribution >= 0.6 is 0 Å². The fraction of sp³-hybridized carbons (Fsp3) is 0.353. The Kier molecular flexibility index (Phi) is 12.3. The Balaban J connectivity index is 0. The normalized spacial score (nSPS) is 9.33. The van der Waals surface area contributed by atoms with Crippen molar-refractivity contribution in [3.05, 3.63) is 59.2 Å². The second-order valence-electron chi connectivity index (χ2n) is 4.23. The molecule has 0 radical (unpaired) electrons. The molecule has 1 aromatic carbocycles. The molecule has 0 N–H and O–H groups in total. The van der Waals surface area contributed by atoms with Crippen molar-refractivity contribution >= 4 is 6.72 Å². The average molecular weight is 245 g/mol. The van der Waals surface area contributed by atoms with E-state index in [9.17, 15) is 0 Å². The third-order valence-corrected chi connectivity index (χ3v) is 2.28. The van der Waals surface area contributed by atoms with E-state index in [2.05, 4.69) is 69.4 Å². The Hall–Kier alpha value is -1.63. The van der Waals surface area contributed by atoms with Crippen molar-refractivity contribution in [1.82, 2.24) is 0 Å². The lowest BCUT2D eigenvalue weighted by molar-refractivity contribution is 1.34. The van der Waals surface area contributed by atoms with Gasteiger partial charge in [0.2, 0.25) is 0 Å². The molecule has 100 valence electrons. The van der Waals surface area contributed by atoms with E-state index in [4.69, 9.17) is 0 Å². The van der Waals surface area contributed by atoms with Gasteiger partial charge in [-0.25, -0.2) is 0 Å². The maximum absolute atomic E-state index is 3.76. The Morgan fingerprint density at radius 1 is 1.17 bits per heavy atom. The van der Waals surface area contributed by atoms with Crippen molar-refractivity contribution in [3.8, 4) is 0 Å². The highest BCUT2D eigenvalue weighted by atomic mass is 14.6. The van der Waals surface area contributed by atoms with Gasteiger partial charge in [0.15, 0.2) is 0 Å². The maximum atomic E-state index is 3.76. The largest absolute Gasteiger partial charge is 0.304 e. The molecule has 0 bridgehead atoms. The van der Waals surface area contributed by atoms with Crippen LogP contribution in [0.2, 0.25) is 0 Å². The summed E-state index contributed by atoms with van der Waals surface area (Å²) in [4.78, 5) is 3.25. The van der Waals surface area contributed by atoms with Crippen molar-refractivity contribution in [2.24, 2.45) is 4.99 Å². The van der Waals surface area contributed by atoms with Gasteiger partial charge in [0, 0.05) is 7.05 Å². The minimum atomic E-state index is 1.16. The minimum absolute atomic E-state index is 1.16. The molecule has 0 heterocycles. The zero-order valence-corrected chi connectivity index (χ0v) is 12.7. The van der Waals surface area contributed by atoms with Crippen LogP contribution in [0.25, 0.3) is 0 Å². The van der Waals surface area contributed by atoms with Crippen LogP contribution in [-0.2, 0) is 0 Å². The number of hydrogen-bond acceptors (Lipinski definition) is 1. The zero-order valence-electron chi connectivity index (χ0n) is 12.7. The second-order valence-corrected chi connectivity index (χ2v) is 4.23. The lowest BCUT2D eigenvalue weighted by Gasteiger charge is -1.92. The van der Waals surface area contributed by atoms with E-state index in [1.165, 1.54) is 16.7 Å². The van der Waals surface area contributed by atoms with Gasteiger partial charge >= 0.3 is 0 Å². The lowest BCUT2D eigenvalue weighted by atomic mass is 10.2. The van der Waals surface area contributed by atoms with E-state index in [-0.39, 0.29) is 0 Å². The van der Waals surface area contributed by atoms with E-state index in [0.717, 1.165) is 5.57 Å². The van der Waals surface area contributed by atoms with E-state index in [1.54, 1.807) is 7.05 Å². The summed E-state index contributed by atoms with van der Waals surface area (Å²) in [5, 5.41) is 0. The molecule has 0 amide bonds. The first-order valence-corrected chi connectivity index (χ1v) is 6.05. The van der Waals surface area contributed by atoms with Crippen LogP contribution in [0.15, 0.2) is 53.1 Å². The summed E-state index contributed by atoms with van der Waals surface area (Å²) in [6.07, 6.45) is 2.06. The van der Waals surface area contributed by atoms with E-state index in [1.807, 2.05) is 13.8 Å². The summed E-state index contributed by atoms with van der Waals surface area (Å²) >= 11 is 0. The van der Waals surface area contributed by atoms with Crippen molar-refractivity contribution in [1.29, 1.82) is 0 Å². The topological polar surface area (TPSA) is 12.4 Å². The van der Waals surface area contributed by atoms with Crippen LogP contribution in [0.4, 0.5) is 0 Å². The maximum Gasteiger partial charge on any atom is 0.0269 e. The molecule has 18 heavy (non-hydrogen) atoms. The first-order valence-electron chi connectivity index (χ1n) is 6.05. The minimum Gasteiger partial charge on any atom is -0.304 e. The quantitative estimate of drug-likeness (QED) is 0.479. The molecule has 0 aliphatic carbocycles. The van der Waals surface area contributed by atoms with Crippen LogP contribution in [0, 0.1) is 13.8 Å². The summed E-state index contributed by atoms with van der Waals surface area (Å²) in [5.74, 6) is 0. The van der Waals surface area contributed by atoms with Crippen LogP contribution < -0.4 is 0 Å². The van der Waals surface area contributed by atoms with E-state index >= 15 is 0 Å². The average Bonchev–Trinajstić information content (AvgIpc) is 2.29. The van der Waals surface area contributed by atoms with Gasteiger partial charge in [0.1, 0.15) is 0 Å². The molecule has 0 spiro atoms. The zero-order chi connectivity index (χ0) is 14.6. The number of benzene rings is 1. The Morgan fingerprint density at radius 2 is 1.56 bits per heavy atom. The SMILES string of the molecule is C=C(C)/C(C)=C/C.C=NC.Cc1cccc(C)c1. The third-order valence-electron chi connectivity index (χ3n) is 2.28. The molecule has 1 nitrogen and oxygen atoms in total. The number of allylic oxidation sites excluding steroid dienone is 3. The molecule has 0 fully saturated rings. The molecule has 0 aliphatic heterocycles. The molecule has 1 aromatic rings. The van der Waals surface area contributed by atoms with Crippen LogP contribution in [0.5, 0.6) is 0 Å². The van der Waals surface area contributed by atoms with Crippen molar-refractivity contribution < 1.29 is 0 Å². The summed E-state index contributed by atoms with van der Waals surface area (Å²) in [5.41, 5.74) is 5.11. The summed E-state index contributed by atoms with van der Waals surface area (Å²) < 4.78 is 0.